The molecule has 0 amide bonds. The van der Waals surface area contributed by atoms with Crippen molar-refractivity contribution in [3.63, 3.8) is 0 Å². The average Bonchev–Trinajstić information content (AvgIpc) is 3.00. The maximum Gasteiger partial charge on any atom is 0.336 e. The standard InChI is InChI=1S/C19H32N6O/c1-4-6-14(3)26-19-22-17(20)18-21-13-16(25(18)23-19)12-15-7-10-24(9-5-2)11-8-15/h13-15H,4-12H2,1-3H3,(H2,20,22,23). The zero-order chi connectivity index (χ0) is 18.5. The van der Waals surface area contributed by atoms with Crippen molar-refractivity contribution in [2.75, 3.05) is 25.4 Å². The van der Waals surface area contributed by atoms with Gasteiger partial charge < -0.3 is 15.4 Å². The average molecular weight is 361 g/mol. The summed E-state index contributed by atoms with van der Waals surface area (Å²) in [5.74, 6) is 1.05. The predicted molar refractivity (Wildman–Crippen MR) is 103 cm³/mol. The Labute approximate surface area is 155 Å². The zero-order valence-electron chi connectivity index (χ0n) is 16.3. The van der Waals surface area contributed by atoms with Gasteiger partial charge in [-0.1, -0.05) is 20.3 Å². The summed E-state index contributed by atoms with van der Waals surface area (Å²) in [6, 6.07) is 0.341. The molecule has 2 N–H and O–H groups in total. The molecule has 7 nitrogen and oxygen atoms in total. The van der Waals surface area contributed by atoms with Crippen molar-refractivity contribution >= 4 is 11.5 Å². The van der Waals surface area contributed by atoms with Crippen LogP contribution in [-0.2, 0) is 6.42 Å². The Bertz CT molecular complexity index is 707. The summed E-state index contributed by atoms with van der Waals surface area (Å²) in [6.45, 7) is 10.0. The first-order valence-electron chi connectivity index (χ1n) is 9.99. The molecule has 1 saturated heterocycles. The van der Waals surface area contributed by atoms with Crippen LogP contribution < -0.4 is 10.5 Å². The number of nitrogens with zero attached hydrogens (tertiary/aromatic N) is 5. The van der Waals surface area contributed by atoms with Gasteiger partial charge in [0.25, 0.3) is 0 Å². The van der Waals surface area contributed by atoms with Crippen molar-refractivity contribution in [2.24, 2.45) is 5.92 Å². The van der Waals surface area contributed by atoms with E-state index in [1.165, 1.54) is 38.9 Å². The highest BCUT2D eigenvalue weighted by atomic mass is 16.5. The lowest BCUT2D eigenvalue weighted by atomic mass is 9.92. The molecule has 2 aromatic heterocycles. The molecule has 1 unspecified atom stereocenters. The summed E-state index contributed by atoms with van der Waals surface area (Å²) < 4.78 is 7.67. The zero-order valence-corrected chi connectivity index (χ0v) is 16.3. The Morgan fingerprint density at radius 2 is 2.04 bits per heavy atom. The van der Waals surface area contributed by atoms with Gasteiger partial charge in [-0.25, -0.2) is 9.50 Å². The largest absolute Gasteiger partial charge is 0.459 e. The van der Waals surface area contributed by atoms with Gasteiger partial charge in [0.2, 0.25) is 0 Å². The summed E-state index contributed by atoms with van der Waals surface area (Å²) in [5.41, 5.74) is 7.80. The van der Waals surface area contributed by atoms with Gasteiger partial charge in [-0.05, 0) is 64.6 Å². The Morgan fingerprint density at radius 1 is 1.27 bits per heavy atom. The Hall–Kier alpha value is -1.89. The van der Waals surface area contributed by atoms with Gasteiger partial charge in [-0.15, -0.1) is 5.10 Å². The summed E-state index contributed by atoms with van der Waals surface area (Å²) >= 11 is 0. The molecule has 0 aliphatic carbocycles. The van der Waals surface area contributed by atoms with Gasteiger partial charge in [-0.3, -0.25) is 0 Å². The van der Waals surface area contributed by atoms with Gasteiger partial charge in [-0.2, -0.15) is 4.98 Å². The smallest absolute Gasteiger partial charge is 0.336 e. The van der Waals surface area contributed by atoms with E-state index in [9.17, 15) is 0 Å². The van der Waals surface area contributed by atoms with E-state index >= 15 is 0 Å². The van der Waals surface area contributed by atoms with Crippen LogP contribution in [0.1, 0.15) is 58.6 Å². The first-order chi connectivity index (χ1) is 12.6. The topological polar surface area (TPSA) is 81.6 Å². The van der Waals surface area contributed by atoms with Crippen molar-refractivity contribution in [1.82, 2.24) is 24.5 Å². The summed E-state index contributed by atoms with van der Waals surface area (Å²) in [4.78, 5) is 11.3. The lowest BCUT2D eigenvalue weighted by molar-refractivity contribution is 0.182. The van der Waals surface area contributed by atoms with Crippen LogP contribution in [0.3, 0.4) is 0 Å². The molecular weight excluding hydrogens is 328 g/mol. The van der Waals surface area contributed by atoms with Crippen LogP contribution in [0.2, 0.25) is 0 Å². The van der Waals surface area contributed by atoms with E-state index in [0.717, 1.165) is 25.0 Å². The quantitative estimate of drug-likeness (QED) is 0.779. The number of anilines is 1. The minimum atomic E-state index is 0.0757. The van der Waals surface area contributed by atoms with Crippen LogP contribution in [0.15, 0.2) is 6.20 Å². The van der Waals surface area contributed by atoms with Crippen LogP contribution in [0, 0.1) is 5.92 Å². The number of nitrogen functional groups attached to an aromatic ring is 1. The third-order valence-corrected chi connectivity index (χ3v) is 5.19. The van der Waals surface area contributed by atoms with Crippen molar-refractivity contribution in [3.05, 3.63) is 11.9 Å². The number of hydrogen-bond acceptors (Lipinski definition) is 6. The van der Waals surface area contributed by atoms with Crippen molar-refractivity contribution in [1.29, 1.82) is 0 Å². The van der Waals surface area contributed by atoms with Crippen LogP contribution in [-0.4, -0.2) is 50.2 Å². The molecular formula is C19H32N6O. The molecule has 3 rings (SSSR count). The maximum absolute atomic E-state index is 6.08. The van der Waals surface area contributed by atoms with E-state index in [4.69, 9.17) is 10.5 Å². The molecule has 1 aliphatic rings. The molecule has 0 saturated carbocycles. The molecule has 1 fully saturated rings. The third kappa shape index (κ3) is 4.44. The molecule has 26 heavy (non-hydrogen) atoms. The van der Waals surface area contributed by atoms with Gasteiger partial charge in [0, 0.05) is 0 Å². The minimum absolute atomic E-state index is 0.0757. The van der Waals surface area contributed by atoms with Crippen molar-refractivity contribution < 1.29 is 4.74 Å². The van der Waals surface area contributed by atoms with Crippen LogP contribution in [0.5, 0.6) is 6.01 Å². The molecule has 2 aromatic rings. The number of fused-ring (bicyclic) bond motifs is 1. The van der Waals surface area contributed by atoms with Gasteiger partial charge in [0.05, 0.1) is 18.0 Å². The highest BCUT2D eigenvalue weighted by Gasteiger charge is 2.21. The van der Waals surface area contributed by atoms with Gasteiger partial charge >= 0.3 is 6.01 Å². The lowest BCUT2D eigenvalue weighted by Gasteiger charge is -2.31. The molecule has 0 bridgehead atoms. The fourth-order valence-corrected chi connectivity index (χ4v) is 3.79. The highest BCUT2D eigenvalue weighted by molar-refractivity contribution is 5.59. The predicted octanol–water partition coefficient (Wildman–Crippen LogP) is 2.94. The van der Waals surface area contributed by atoms with E-state index in [1.807, 2.05) is 17.6 Å². The summed E-state index contributed by atoms with van der Waals surface area (Å²) in [6.07, 6.45) is 8.65. The molecule has 0 radical (unpaired) electrons. The third-order valence-electron chi connectivity index (χ3n) is 5.19. The van der Waals surface area contributed by atoms with Crippen LogP contribution in [0.4, 0.5) is 5.82 Å². The Balaban J connectivity index is 1.72. The summed E-state index contributed by atoms with van der Waals surface area (Å²) in [5, 5.41) is 4.56. The van der Waals surface area contributed by atoms with E-state index in [2.05, 4.69) is 33.8 Å². The van der Waals surface area contributed by atoms with E-state index < -0.39 is 0 Å². The number of ether oxygens (including phenoxy) is 1. The number of likely N-dealkylation sites (tertiary alicyclic amines) is 1. The normalized spacial score (nSPS) is 17.7. The SMILES string of the molecule is CCCC(C)Oc1nc(N)c2ncc(CC3CCN(CCC)CC3)n2n1. The van der Waals surface area contributed by atoms with E-state index in [1.54, 1.807) is 0 Å². The number of nitrogens with two attached hydrogens (primary N) is 1. The molecule has 0 aromatic carbocycles. The second kappa shape index (κ2) is 8.66. The van der Waals surface area contributed by atoms with Crippen molar-refractivity contribution in [3.8, 4) is 6.01 Å². The molecule has 0 spiro atoms. The maximum atomic E-state index is 6.08. The fraction of sp³-hybridized carbons (Fsp3) is 0.737. The van der Waals surface area contributed by atoms with Crippen LogP contribution >= 0.6 is 0 Å². The van der Waals surface area contributed by atoms with Crippen molar-refractivity contribution in [2.45, 2.75) is 65.4 Å². The lowest BCUT2D eigenvalue weighted by Crippen LogP contribution is -2.34. The van der Waals surface area contributed by atoms with Gasteiger partial charge in [0.1, 0.15) is 0 Å². The van der Waals surface area contributed by atoms with E-state index in [0.29, 0.717) is 23.4 Å². The molecule has 3 heterocycles. The molecule has 144 valence electrons. The minimum Gasteiger partial charge on any atom is -0.459 e. The Morgan fingerprint density at radius 3 is 2.73 bits per heavy atom. The fourth-order valence-electron chi connectivity index (χ4n) is 3.79. The molecule has 7 heteroatoms. The number of rotatable bonds is 8. The highest BCUT2D eigenvalue weighted by Crippen LogP contribution is 2.23. The number of hydrogen-bond donors (Lipinski definition) is 1. The second-order valence-corrected chi connectivity index (χ2v) is 7.47. The second-order valence-electron chi connectivity index (χ2n) is 7.47. The molecule has 1 aliphatic heterocycles. The Kier molecular flexibility index (Phi) is 6.29. The first-order valence-corrected chi connectivity index (χ1v) is 9.99. The van der Waals surface area contributed by atoms with Crippen LogP contribution in [0.25, 0.3) is 5.65 Å². The summed E-state index contributed by atoms with van der Waals surface area (Å²) in [7, 11) is 0. The van der Waals surface area contributed by atoms with Gasteiger partial charge in [0.15, 0.2) is 11.5 Å². The number of imidazole rings is 1. The van der Waals surface area contributed by atoms with E-state index in [-0.39, 0.29) is 6.10 Å². The molecule has 1 atom stereocenters. The monoisotopic (exact) mass is 360 g/mol. The number of piperidine rings is 1. The first kappa shape index (κ1) is 18.9. The number of aromatic nitrogens is 4.